The fraction of sp³-hybridized carbons (Fsp3) is 0.556. The maximum atomic E-state index is 12.4. The molecule has 0 fully saturated rings. The number of nitrogens with one attached hydrogen (secondary N) is 1. The van der Waals surface area contributed by atoms with E-state index in [4.69, 9.17) is 10.9 Å². The number of rotatable bonds is 5. The minimum absolute atomic E-state index is 0.0233. The molecule has 0 saturated heterocycles. The molecule has 0 amide bonds. The van der Waals surface area contributed by atoms with E-state index in [2.05, 4.69) is 15.4 Å². The van der Waals surface area contributed by atoms with Gasteiger partial charge in [0.15, 0.2) is 0 Å². The fourth-order valence-electron chi connectivity index (χ4n) is 1.39. The van der Waals surface area contributed by atoms with Gasteiger partial charge >= 0.3 is 6.18 Å². The monoisotopic (exact) mass is 265 g/mol. The van der Waals surface area contributed by atoms with E-state index in [1.807, 2.05) is 0 Å². The second-order valence-corrected chi connectivity index (χ2v) is 3.60. The van der Waals surface area contributed by atoms with Crippen molar-refractivity contribution in [2.24, 2.45) is 5.84 Å². The van der Waals surface area contributed by atoms with Crippen molar-refractivity contribution in [2.75, 3.05) is 30.0 Å². The molecule has 0 aliphatic heterocycles. The Morgan fingerprint density at radius 3 is 2.61 bits per heavy atom. The summed E-state index contributed by atoms with van der Waals surface area (Å²) in [5, 5.41) is 8.80. The van der Waals surface area contributed by atoms with E-state index < -0.39 is 19.3 Å². The number of anilines is 2. The molecule has 18 heavy (non-hydrogen) atoms. The van der Waals surface area contributed by atoms with Crippen LogP contribution in [-0.2, 0) is 0 Å². The molecule has 0 atom stereocenters. The fourth-order valence-corrected chi connectivity index (χ4v) is 1.39. The lowest BCUT2D eigenvalue weighted by molar-refractivity contribution is -0.120. The highest BCUT2D eigenvalue weighted by Crippen LogP contribution is 2.21. The third kappa shape index (κ3) is 4.34. The molecule has 1 rings (SSSR count). The Balaban J connectivity index is 3.01. The first-order valence-electron chi connectivity index (χ1n) is 5.10. The molecule has 0 aliphatic carbocycles. The summed E-state index contributed by atoms with van der Waals surface area (Å²) in [5.74, 6) is 5.20. The van der Waals surface area contributed by atoms with E-state index in [0.29, 0.717) is 5.69 Å². The number of nitrogens with zero attached hydrogens (tertiary/aromatic N) is 3. The molecular weight excluding hydrogens is 251 g/mol. The van der Waals surface area contributed by atoms with Crippen LogP contribution in [0, 0.1) is 6.92 Å². The minimum Gasteiger partial charge on any atom is -0.395 e. The van der Waals surface area contributed by atoms with E-state index in [1.54, 1.807) is 6.92 Å². The Labute approximate surface area is 102 Å². The van der Waals surface area contributed by atoms with Gasteiger partial charge in [0.1, 0.15) is 12.4 Å². The number of hydrazine groups is 1. The number of halogens is 3. The second-order valence-electron chi connectivity index (χ2n) is 3.60. The number of aromatic nitrogens is 2. The molecule has 1 aromatic rings. The maximum absolute atomic E-state index is 12.4. The highest BCUT2D eigenvalue weighted by atomic mass is 19.4. The van der Waals surface area contributed by atoms with Crippen molar-refractivity contribution in [3.05, 3.63) is 11.8 Å². The molecule has 0 radical (unpaired) electrons. The summed E-state index contributed by atoms with van der Waals surface area (Å²) in [6.45, 7) is -0.185. The van der Waals surface area contributed by atoms with Gasteiger partial charge in [0.2, 0.25) is 5.95 Å². The normalized spacial score (nSPS) is 11.4. The van der Waals surface area contributed by atoms with Crippen molar-refractivity contribution < 1.29 is 18.3 Å². The van der Waals surface area contributed by atoms with Gasteiger partial charge in [0.25, 0.3) is 0 Å². The van der Waals surface area contributed by atoms with Crippen molar-refractivity contribution in [2.45, 2.75) is 13.1 Å². The molecule has 0 aromatic carbocycles. The Morgan fingerprint density at radius 1 is 1.44 bits per heavy atom. The molecule has 0 spiro atoms. The predicted octanol–water partition coefficient (Wildman–Crippen LogP) is 0.432. The Hall–Kier alpha value is -1.61. The zero-order chi connectivity index (χ0) is 13.8. The quantitative estimate of drug-likeness (QED) is 0.528. The van der Waals surface area contributed by atoms with Crippen LogP contribution in [-0.4, -0.2) is 40.9 Å². The number of nitrogens with two attached hydrogens (primary N) is 1. The molecule has 4 N–H and O–H groups in total. The van der Waals surface area contributed by atoms with Crippen molar-refractivity contribution in [1.29, 1.82) is 0 Å². The van der Waals surface area contributed by atoms with Crippen molar-refractivity contribution in [3.8, 4) is 0 Å². The van der Waals surface area contributed by atoms with E-state index in [9.17, 15) is 13.2 Å². The lowest BCUT2D eigenvalue weighted by atomic mass is 10.3. The summed E-state index contributed by atoms with van der Waals surface area (Å²) in [6, 6.07) is 1.39. The summed E-state index contributed by atoms with van der Waals surface area (Å²) < 4.78 is 37.2. The molecule has 9 heteroatoms. The summed E-state index contributed by atoms with van der Waals surface area (Å²) in [5.41, 5.74) is 2.65. The Morgan fingerprint density at radius 2 is 2.11 bits per heavy atom. The van der Waals surface area contributed by atoms with Crippen molar-refractivity contribution >= 4 is 11.8 Å². The van der Waals surface area contributed by atoms with E-state index in [1.165, 1.54) is 6.07 Å². The van der Waals surface area contributed by atoms with Crippen LogP contribution in [0.25, 0.3) is 0 Å². The van der Waals surface area contributed by atoms with Crippen LogP contribution in [0.4, 0.5) is 24.9 Å². The summed E-state index contributed by atoms with van der Waals surface area (Å²) in [4.78, 5) is 8.61. The van der Waals surface area contributed by atoms with Gasteiger partial charge in [-0.25, -0.2) is 10.8 Å². The summed E-state index contributed by atoms with van der Waals surface area (Å²) in [7, 11) is 0. The first kappa shape index (κ1) is 14.5. The van der Waals surface area contributed by atoms with Crippen LogP contribution in [0.2, 0.25) is 0 Å². The van der Waals surface area contributed by atoms with Crippen LogP contribution in [0.3, 0.4) is 0 Å². The van der Waals surface area contributed by atoms with Crippen LogP contribution in [0.1, 0.15) is 5.69 Å². The average Bonchev–Trinajstić information content (AvgIpc) is 2.26. The van der Waals surface area contributed by atoms with Crippen molar-refractivity contribution in [1.82, 2.24) is 9.97 Å². The van der Waals surface area contributed by atoms with E-state index in [-0.39, 0.29) is 18.3 Å². The molecule has 1 aromatic heterocycles. The highest BCUT2D eigenvalue weighted by molar-refractivity contribution is 5.44. The average molecular weight is 265 g/mol. The van der Waals surface area contributed by atoms with Gasteiger partial charge < -0.3 is 10.0 Å². The zero-order valence-corrected chi connectivity index (χ0v) is 9.70. The van der Waals surface area contributed by atoms with Gasteiger partial charge in [-0.1, -0.05) is 0 Å². The number of hydrogen-bond acceptors (Lipinski definition) is 6. The highest BCUT2D eigenvalue weighted by Gasteiger charge is 2.31. The first-order chi connectivity index (χ1) is 8.35. The lowest BCUT2D eigenvalue weighted by Crippen LogP contribution is -2.37. The second kappa shape index (κ2) is 5.83. The van der Waals surface area contributed by atoms with Gasteiger partial charge in [-0.3, -0.25) is 5.43 Å². The SMILES string of the molecule is Cc1cc(N(CCO)CC(F)(F)F)nc(NN)n1. The van der Waals surface area contributed by atoms with Gasteiger partial charge in [-0.2, -0.15) is 18.2 Å². The van der Waals surface area contributed by atoms with Crippen LogP contribution >= 0.6 is 0 Å². The number of aliphatic hydroxyl groups excluding tert-OH is 1. The standard InChI is InChI=1S/C9H14F3N5O/c1-6-4-7(15-8(14-6)16-13)17(2-3-18)5-9(10,11)12/h4,18H,2-3,5,13H2,1H3,(H,14,15,16). The largest absolute Gasteiger partial charge is 0.405 e. The molecule has 6 nitrogen and oxygen atoms in total. The number of hydrogen-bond donors (Lipinski definition) is 3. The van der Waals surface area contributed by atoms with Gasteiger partial charge in [-0.15, -0.1) is 0 Å². The maximum Gasteiger partial charge on any atom is 0.405 e. The molecule has 0 bridgehead atoms. The summed E-state index contributed by atoms with van der Waals surface area (Å²) in [6.07, 6.45) is -4.38. The number of aliphatic hydroxyl groups is 1. The van der Waals surface area contributed by atoms with Gasteiger partial charge in [0, 0.05) is 18.3 Å². The van der Waals surface area contributed by atoms with Crippen LogP contribution in [0.5, 0.6) is 0 Å². The van der Waals surface area contributed by atoms with Crippen molar-refractivity contribution in [3.63, 3.8) is 0 Å². The van der Waals surface area contributed by atoms with Gasteiger partial charge in [-0.05, 0) is 6.92 Å². The first-order valence-corrected chi connectivity index (χ1v) is 5.10. The Kier molecular flexibility index (Phi) is 4.68. The third-order valence-corrected chi connectivity index (χ3v) is 2.03. The molecule has 102 valence electrons. The molecular formula is C9H14F3N5O. The van der Waals surface area contributed by atoms with Gasteiger partial charge in [0.05, 0.1) is 6.61 Å². The smallest absolute Gasteiger partial charge is 0.395 e. The summed E-state index contributed by atoms with van der Waals surface area (Å²) >= 11 is 0. The van der Waals surface area contributed by atoms with E-state index >= 15 is 0 Å². The zero-order valence-electron chi connectivity index (χ0n) is 9.70. The molecule has 0 unspecified atom stereocenters. The molecule has 0 saturated carbocycles. The third-order valence-electron chi connectivity index (χ3n) is 2.03. The Bertz CT molecular complexity index is 398. The predicted molar refractivity (Wildman–Crippen MR) is 59.9 cm³/mol. The topological polar surface area (TPSA) is 87.3 Å². The lowest BCUT2D eigenvalue weighted by Gasteiger charge is -2.24. The number of alkyl halides is 3. The molecule has 1 heterocycles. The van der Waals surface area contributed by atoms with Crippen LogP contribution < -0.4 is 16.2 Å². The number of nitrogen functional groups attached to an aromatic ring is 1. The minimum atomic E-state index is -4.38. The van der Waals surface area contributed by atoms with E-state index in [0.717, 1.165) is 4.90 Å². The number of aryl methyl sites for hydroxylation is 1. The molecule has 0 aliphatic rings. The van der Waals surface area contributed by atoms with Crippen LogP contribution in [0.15, 0.2) is 6.07 Å².